The van der Waals surface area contributed by atoms with Gasteiger partial charge in [-0.25, -0.2) is 4.79 Å². The van der Waals surface area contributed by atoms with Gasteiger partial charge in [-0.15, -0.1) is 0 Å². The van der Waals surface area contributed by atoms with Crippen molar-refractivity contribution in [1.29, 1.82) is 0 Å². The number of hydrogen-bond donors (Lipinski definition) is 0. The fourth-order valence-electron chi connectivity index (χ4n) is 1.10. The molecule has 0 aromatic heterocycles. The van der Waals surface area contributed by atoms with E-state index in [9.17, 15) is 18.0 Å². The molecule has 0 amide bonds. The maximum Gasteiger partial charge on any atom is 0.510 e. The van der Waals surface area contributed by atoms with Crippen LogP contribution in [0.25, 0.3) is 0 Å². The van der Waals surface area contributed by atoms with Gasteiger partial charge in [-0.2, -0.15) is 13.2 Å². The second-order valence-corrected chi connectivity index (χ2v) is 4.01. The summed E-state index contributed by atoms with van der Waals surface area (Å²) in [6.07, 6.45) is -5.36. The molecule has 3 nitrogen and oxygen atoms in total. The van der Waals surface area contributed by atoms with Crippen molar-refractivity contribution in [3.05, 3.63) is 35.4 Å². The van der Waals surface area contributed by atoms with Gasteiger partial charge in [-0.05, 0) is 24.6 Å². The van der Waals surface area contributed by atoms with E-state index >= 15 is 0 Å². The summed E-state index contributed by atoms with van der Waals surface area (Å²) in [5.41, 5.74) is -1.17. The molecule has 1 aromatic rings. The summed E-state index contributed by atoms with van der Waals surface area (Å²) in [5, 5.41) is 0. The van der Waals surface area contributed by atoms with E-state index < -0.39 is 23.5 Å². The minimum absolute atomic E-state index is 0.180. The minimum Gasteiger partial charge on any atom is -0.429 e. The Balaban J connectivity index is 2.52. The second kappa shape index (κ2) is 5.95. The van der Waals surface area contributed by atoms with Crippen LogP contribution in [0.3, 0.4) is 0 Å². The van der Waals surface area contributed by atoms with Crippen LogP contribution in [-0.4, -0.2) is 11.7 Å². The Morgan fingerprint density at radius 3 is 2.33 bits per heavy atom. The Bertz CT molecular complexity index is 401. The Morgan fingerprint density at radius 1 is 1.33 bits per heavy atom. The van der Waals surface area contributed by atoms with E-state index in [1.807, 2.05) is 0 Å². The van der Waals surface area contributed by atoms with Crippen molar-refractivity contribution >= 4 is 17.8 Å². The minimum atomic E-state index is -4.38. The van der Waals surface area contributed by atoms with E-state index in [0.29, 0.717) is 5.56 Å². The van der Waals surface area contributed by atoms with Crippen molar-refractivity contribution in [2.75, 3.05) is 0 Å². The van der Waals surface area contributed by atoms with Gasteiger partial charge < -0.3 is 9.47 Å². The fraction of sp³-hybridized carbons (Fsp3) is 0.364. The van der Waals surface area contributed by atoms with Crippen LogP contribution in [0.1, 0.15) is 18.1 Å². The molecule has 0 aliphatic carbocycles. The molecule has 0 fully saturated rings. The molecule has 0 saturated heterocycles. The fourth-order valence-corrected chi connectivity index (χ4v) is 1.17. The van der Waals surface area contributed by atoms with Crippen molar-refractivity contribution in [2.45, 2.75) is 25.3 Å². The third kappa shape index (κ3) is 4.83. The van der Waals surface area contributed by atoms with Gasteiger partial charge in [0.25, 0.3) is 0 Å². The smallest absolute Gasteiger partial charge is 0.429 e. The van der Waals surface area contributed by atoms with Gasteiger partial charge in [-0.3, -0.25) is 0 Å². The summed E-state index contributed by atoms with van der Waals surface area (Å²) >= 11 is 5.38. The van der Waals surface area contributed by atoms with Crippen LogP contribution in [0.5, 0.6) is 0 Å². The normalized spacial score (nSPS) is 12.9. The molecule has 0 N–H and O–H groups in total. The SMILES string of the molecule is CC(Cl)OC(=O)OCc1ccc(C(F)(F)F)cc1. The summed E-state index contributed by atoms with van der Waals surface area (Å²) in [6.45, 7) is 1.25. The Labute approximate surface area is 106 Å². The highest BCUT2D eigenvalue weighted by molar-refractivity contribution is 6.19. The monoisotopic (exact) mass is 282 g/mol. The lowest BCUT2D eigenvalue weighted by molar-refractivity contribution is -0.137. The molecule has 0 bridgehead atoms. The zero-order valence-electron chi connectivity index (χ0n) is 9.33. The molecule has 1 unspecified atom stereocenters. The molecule has 1 aromatic carbocycles. The number of alkyl halides is 4. The number of halogens is 4. The summed E-state index contributed by atoms with van der Waals surface area (Å²) in [4.78, 5) is 10.9. The van der Waals surface area contributed by atoms with Gasteiger partial charge in [0, 0.05) is 0 Å². The van der Waals surface area contributed by atoms with Crippen LogP contribution >= 0.6 is 11.6 Å². The topological polar surface area (TPSA) is 35.5 Å². The average Bonchev–Trinajstić information content (AvgIpc) is 2.25. The van der Waals surface area contributed by atoms with Gasteiger partial charge >= 0.3 is 12.3 Å². The van der Waals surface area contributed by atoms with Gasteiger partial charge in [0.1, 0.15) is 6.61 Å². The lowest BCUT2D eigenvalue weighted by Gasteiger charge is -2.09. The van der Waals surface area contributed by atoms with E-state index in [0.717, 1.165) is 12.1 Å². The summed E-state index contributed by atoms with van der Waals surface area (Å²) in [7, 11) is 0. The van der Waals surface area contributed by atoms with Crippen LogP contribution in [0.4, 0.5) is 18.0 Å². The first kappa shape index (κ1) is 14.6. The van der Waals surface area contributed by atoms with Gasteiger partial charge in [0.15, 0.2) is 5.56 Å². The third-order valence-corrected chi connectivity index (χ3v) is 1.99. The maximum atomic E-state index is 12.3. The second-order valence-electron chi connectivity index (χ2n) is 3.39. The van der Waals surface area contributed by atoms with Crippen LogP contribution in [0, 0.1) is 0 Å². The van der Waals surface area contributed by atoms with E-state index in [4.69, 9.17) is 11.6 Å². The Hall–Kier alpha value is -1.43. The van der Waals surface area contributed by atoms with E-state index in [-0.39, 0.29) is 6.61 Å². The van der Waals surface area contributed by atoms with Crippen LogP contribution in [-0.2, 0) is 22.3 Å². The molecule has 7 heteroatoms. The first-order valence-corrected chi connectivity index (χ1v) is 5.36. The number of carbonyl (C=O) groups excluding carboxylic acids is 1. The predicted octanol–water partition coefficient (Wildman–Crippen LogP) is 3.94. The van der Waals surface area contributed by atoms with Gasteiger partial charge in [-0.1, -0.05) is 23.7 Å². The summed E-state index contributed by atoms with van der Waals surface area (Å²) in [5.74, 6) is 0. The summed E-state index contributed by atoms with van der Waals surface area (Å²) in [6, 6.07) is 4.27. The number of hydrogen-bond acceptors (Lipinski definition) is 3. The molecule has 0 heterocycles. The van der Waals surface area contributed by atoms with Crippen LogP contribution in [0.15, 0.2) is 24.3 Å². The highest BCUT2D eigenvalue weighted by atomic mass is 35.5. The molecule has 0 aliphatic heterocycles. The Morgan fingerprint density at radius 2 is 1.89 bits per heavy atom. The molecular formula is C11H10ClF3O3. The molecule has 0 radical (unpaired) electrons. The predicted molar refractivity (Wildman–Crippen MR) is 58.0 cm³/mol. The average molecular weight is 283 g/mol. The van der Waals surface area contributed by atoms with Gasteiger partial charge in [0.05, 0.1) is 5.56 Å². The molecule has 1 atom stereocenters. The van der Waals surface area contributed by atoms with Gasteiger partial charge in [0.2, 0.25) is 0 Å². The Kier molecular flexibility index (Phi) is 4.84. The number of benzene rings is 1. The zero-order chi connectivity index (χ0) is 13.8. The highest BCUT2D eigenvalue weighted by Gasteiger charge is 2.29. The molecule has 1 rings (SSSR count). The number of carbonyl (C=O) groups is 1. The first-order valence-electron chi connectivity index (χ1n) is 4.92. The first-order chi connectivity index (χ1) is 8.29. The third-order valence-electron chi connectivity index (χ3n) is 1.90. The highest BCUT2D eigenvalue weighted by Crippen LogP contribution is 2.29. The quantitative estimate of drug-likeness (QED) is 0.622. The van der Waals surface area contributed by atoms with Crippen molar-refractivity contribution in [2.24, 2.45) is 0 Å². The number of ether oxygens (including phenoxy) is 2. The van der Waals surface area contributed by atoms with Crippen molar-refractivity contribution in [3.8, 4) is 0 Å². The standard InChI is InChI=1S/C11H10ClF3O3/c1-7(12)18-10(16)17-6-8-2-4-9(5-3-8)11(13,14)15/h2-5,7H,6H2,1H3. The van der Waals surface area contributed by atoms with E-state index in [1.165, 1.54) is 19.1 Å². The van der Waals surface area contributed by atoms with E-state index in [1.54, 1.807) is 0 Å². The van der Waals surface area contributed by atoms with Crippen molar-refractivity contribution in [3.63, 3.8) is 0 Å². The van der Waals surface area contributed by atoms with Crippen LogP contribution < -0.4 is 0 Å². The zero-order valence-corrected chi connectivity index (χ0v) is 10.1. The van der Waals surface area contributed by atoms with Crippen molar-refractivity contribution in [1.82, 2.24) is 0 Å². The molecule has 0 saturated carbocycles. The lowest BCUT2D eigenvalue weighted by atomic mass is 10.1. The molecular weight excluding hydrogens is 273 g/mol. The number of rotatable bonds is 3. The molecule has 100 valence electrons. The molecule has 18 heavy (non-hydrogen) atoms. The molecule has 0 spiro atoms. The molecule has 0 aliphatic rings. The lowest BCUT2D eigenvalue weighted by Crippen LogP contribution is -2.11. The summed E-state index contributed by atoms with van der Waals surface area (Å²) < 4.78 is 45.9. The largest absolute Gasteiger partial charge is 0.510 e. The van der Waals surface area contributed by atoms with E-state index in [2.05, 4.69) is 9.47 Å². The maximum absolute atomic E-state index is 12.3. The van der Waals surface area contributed by atoms with Crippen molar-refractivity contribution < 1.29 is 27.4 Å². The van der Waals surface area contributed by atoms with Crippen LogP contribution in [0.2, 0.25) is 0 Å².